The molecule has 0 radical (unpaired) electrons. The van der Waals surface area contributed by atoms with Gasteiger partial charge in [0.15, 0.2) is 5.69 Å². The normalized spacial score (nSPS) is 11.9. The highest BCUT2D eigenvalue weighted by Crippen LogP contribution is 2.37. The lowest BCUT2D eigenvalue weighted by Crippen LogP contribution is -2.29. The number of ether oxygens (including phenoxy) is 1. The van der Waals surface area contributed by atoms with Crippen LogP contribution in [0.2, 0.25) is 5.02 Å². The third-order valence-corrected chi connectivity index (χ3v) is 4.99. The molecule has 1 N–H and O–H groups in total. The van der Waals surface area contributed by atoms with E-state index in [0.717, 1.165) is 0 Å². The number of nitro groups is 1. The number of nitrogens with one attached hydrogen (secondary N) is 1. The first-order chi connectivity index (χ1) is 16.2. The molecule has 0 unspecified atom stereocenters. The smallest absolute Gasteiger partial charge is 0.435 e. The van der Waals surface area contributed by atoms with Crippen LogP contribution in [0.1, 0.15) is 16.8 Å². The summed E-state index contributed by atoms with van der Waals surface area (Å²) in [6, 6.07) is 7.33. The molecule has 0 fully saturated rings. The molecule has 186 valence electrons. The van der Waals surface area contributed by atoms with Crippen molar-refractivity contribution in [2.45, 2.75) is 18.9 Å². The fourth-order valence-corrected chi connectivity index (χ4v) is 3.21. The number of hydrogen-bond donors (Lipinski definition) is 1. The molecule has 0 saturated carbocycles. The Morgan fingerprint density at radius 3 is 2.23 bits per heavy atom. The molecule has 2 aromatic carbocycles. The van der Waals surface area contributed by atoms with Gasteiger partial charge in [-0.3, -0.25) is 19.5 Å². The molecule has 0 saturated heterocycles. The molecule has 8 nitrogen and oxygen atoms in total. The highest BCUT2D eigenvalue weighted by Gasteiger charge is 2.38. The Bertz CT molecular complexity index is 1320. The maximum Gasteiger partial charge on any atom is 0.435 e. The molecule has 1 aromatic heterocycles. The van der Waals surface area contributed by atoms with Crippen molar-refractivity contribution in [3.8, 4) is 5.75 Å². The van der Waals surface area contributed by atoms with Crippen LogP contribution in [0.5, 0.6) is 5.75 Å². The van der Waals surface area contributed by atoms with Crippen molar-refractivity contribution in [2.75, 3.05) is 12.4 Å². The Hall–Kier alpha value is -3.81. The summed E-state index contributed by atoms with van der Waals surface area (Å²) < 4.78 is 84.9. The maximum absolute atomic E-state index is 13.4. The lowest BCUT2D eigenvalue weighted by atomic mass is 10.1. The molecule has 0 aliphatic heterocycles. The first kappa shape index (κ1) is 25.8. The third-order valence-electron chi connectivity index (χ3n) is 4.65. The van der Waals surface area contributed by atoms with E-state index in [1.165, 1.54) is 31.4 Å². The Labute approximate surface area is 196 Å². The van der Waals surface area contributed by atoms with Gasteiger partial charge in [0.25, 0.3) is 11.2 Å². The molecule has 3 aromatic rings. The molecule has 0 aliphatic carbocycles. The second kappa shape index (κ2) is 9.44. The van der Waals surface area contributed by atoms with Gasteiger partial charge in [-0.05, 0) is 29.8 Å². The van der Waals surface area contributed by atoms with Crippen molar-refractivity contribution in [2.24, 2.45) is 0 Å². The van der Waals surface area contributed by atoms with E-state index in [1.807, 2.05) is 0 Å². The number of alkyl halides is 6. The Balaban J connectivity index is 2.18. The summed E-state index contributed by atoms with van der Waals surface area (Å²) in [5, 5.41) is 12.3. The summed E-state index contributed by atoms with van der Waals surface area (Å²) in [4.78, 5) is 26.3. The van der Waals surface area contributed by atoms with E-state index in [-0.39, 0.29) is 12.6 Å². The van der Waals surface area contributed by atoms with Gasteiger partial charge in [-0.15, -0.1) is 0 Å². The number of anilines is 2. The van der Waals surface area contributed by atoms with E-state index in [0.29, 0.717) is 28.0 Å². The minimum absolute atomic E-state index is 0.203. The molecular formula is C20H13ClF6N4O4. The van der Waals surface area contributed by atoms with Gasteiger partial charge in [-0.2, -0.15) is 26.3 Å². The van der Waals surface area contributed by atoms with Gasteiger partial charge in [0.05, 0.1) is 24.1 Å². The number of nitrogens with zero attached hydrogens (tertiary/aromatic N) is 3. The number of hydrogen-bond acceptors (Lipinski definition) is 6. The molecule has 3 rings (SSSR count). The van der Waals surface area contributed by atoms with Crippen molar-refractivity contribution in [1.82, 2.24) is 9.55 Å². The zero-order valence-electron chi connectivity index (χ0n) is 17.4. The summed E-state index contributed by atoms with van der Waals surface area (Å²) >= 11 is 5.63. The number of aromatic nitrogens is 2. The molecule has 0 spiro atoms. The van der Waals surface area contributed by atoms with Gasteiger partial charge in [-0.1, -0.05) is 23.7 Å². The second-order valence-electron chi connectivity index (χ2n) is 6.95. The largest absolute Gasteiger partial charge is 0.497 e. The summed E-state index contributed by atoms with van der Waals surface area (Å²) in [6.45, 7) is -0.384. The van der Waals surface area contributed by atoms with Gasteiger partial charge in [0.2, 0.25) is 5.95 Å². The van der Waals surface area contributed by atoms with Gasteiger partial charge >= 0.3 is 12.4 Å². The van der Waals surface area contributed by atoms with Crippen LogP contribution in [0.3, 0.4) is 0 Å². The fourth-order valence-electron chi connectivity index (χ4n) is 2.96. The zero-order valence-corrected chi connectivity index (χ0v) is 18.1. The molecule has 0 atom stereocenters. The predicted molar refractivity (Wildman–Crippen MR) is 112 cm³/mol. The Morgan fingerprint density at radius 1 is 1.09 bits per heavy atom. The van der Waals surface area contributed by atoms with Crippen LogP contribution in [-0.4, -0.2) is 21.6 Å². The van der Waals surface area contributed by atoms with Crippen molar-refractivity contribution < 1.29 is 36.0 Å². The van der Waals surface area contributed by atoms with Crippen LogP contribution in [0.4, 0.5) is 43.7 Å². The molecule has 0 amide bonds. The zero-order chi connectivity index (χ0) is 26.1. The summed E-state index contributed by atoms with van der Waals surface area (Å²) in [6.07, 6.45) is -10.1. The van der Waals surface area contributed by atoms with E-state index in [9.17, 15) is 41.3 Å². The lowest BCUT2D eigenvalue weighted by Gasteiger charge is -2.18. The van der Waals surface area contributed by atoms with E-state index in [2.05, 4.69) is 10.3 Å². The van der Waals surface area contributed by atoms with Gasteiger partial charge in [0, 0.05) is 6.07 Å². The molecule has 15 heteroatoms. The van der Waals surface area contributed by atoms with Crippen LogP contribution in [0.15, 0.2) is 47.3 Å². The SMILES string of the molecule is COc1ccc(Cn2c(Nc3ccc(C(F)(F)F)cc3[N+](=O)[O-])nc(C(F)(F)F)c(Cl)c2=O)cc1. The summed E-state index contributed by atoms with van der Waals surface area (Å²) in [5.41, 5.74) is -5.81. The average Bonchev–Trinajstić information content (AvgIpc) is 2.77. The first-order valence-electron chi connectivity index (χ1n) is 9.35. The van der Waals surface area contributed by atoms with Gasteiger partial charge in [0.1, 0.15) is 16.5 Å². The molecular weight excluding hydrogens is 510 g/mol. The average molecular weight is 523 g/mol. The standard InChI is InChI=1S/C20H13ClF6N4O4/c1-35-12-5-2-10(3-6-12)9-30-17(32)15(21)16(20(25,26)27)29-18(30)28-13-7-4-11(19(22,23)24)8-14(13)31(33)34/h2-8H,9H2,1H3,(H,28,29). The first-order valence-corrected chi connectivity index (χ1v) is 9.73. The molecule has 0 bridgehead atoms. The van der Waals surface area contributed by atoms with Crippen LogP contribution < -0.4 is 15.6 Å². The fraction of sp³-hybridized carbons (Fsp3) is 0.200. The molecule has 0 aliphatic rings. The van der Waals surface area contributed by atoms with Crippen LogP contribution in [0.25, 0.3) is 0 Å². The van der Waals surface area contributed by atoms with E-state index in [4.69, 9.17) is 16.3 Å². The molecule has 35 heavy (non-hydrogen) atoms. The third kappa shape index (κ3) is 5.65. The van der Waals surface area contributed by atoms with Gasteiger partial charge in [-0.25, -0.2) is 4.98 Å². The number of halogens is 7. The van der Waals surface area contributed by atoms with E-state index in [1.54, 1.807) is 0 Å². The van der Waals surface area contributed by atoms with Crippen molar-refractivity contribution in [3.05, 3.63) is 84.8 Å². The maximum atomic E-state index is 13.4. The topological polar surface area (TPSA) is 99.3 Å². The highest BCUT2D eigenvalue weighted by molar-refractivity contribution is 6.31. The number of methoxy groups -OCH3 is 1. The quantitative estimate of drug-likeness (QED) is 0.255. The monoisotopic (exact) mass is 522 g/mol. The summed E-state index contributed by atoms with van der Waals surface area (Å²) in [7, 11) is 1.40. The minimum Gasteiger partial charge on any atom is -0.497 e. The van der Waals surface area contributed by atoms with Crippen molar-refractivity contribution in [1.29, 1.82) is 0 Å². The van der Waals surface area contributed by atoms with E-state index >= 15 is 0 Å². The van der Waals surface area contributed by atoms with Crippen LogP contribution in [0, 0.1) is 10.1 Å². The Morgan fingerprint density at radius 2 is 1.71 bits per heavy atom. The van der Waals surface area contributed by atoms with E-state index < -0.39 is 56.4 Å². The second-order valence-corrected chi connectivity index (χ2v) is 7.32. The highest BCUT2D eigenvalue weighted by atomic mass is 35.5. The van der Waals surface area contributed by atoms with Crippen molar-refractivity contribution in [3.63, 3.8) is 0 Å². The minimum atomic E-state index is -5.17. The van der Waals surface area contributed by atoms with Crippen LogP contribution >= 0.6 is 11.6 Å². The predicted octanol–water partition coefficient (Wildman–Crippen LogP) is 5.64. The lowest BCUT2D eigenvalue weighted by molar-refractivity contribution is -0.384. The van der Waals surface area contributed by atoms with Crippen LogP contribution in [-0.2, 0) is 18.9 Å². The Kier molecular flexibility index (Phi) is 6.96. The summed E-state index contributed by atoms with van der Waals surface area (Å²) in [5.74, 6) is -0.381. The van der Waals surface area contributed by atoms with Crippen molar-refractivity contribution >= 4 is 28.9 Å². The van der Waals surface area contributed by atoms with Gasteiger partial charge < -0.3 is 10.1 Å². The number of benzene rings is 2. The number of rotatable bonds is 6. The number of nitro benzene ring substituents is 1. The molecule has 1 heterocycles.